The lowest BCUT2D eigenvalue weighted by atomic mass is 10.1. The van der Waals surface area contributed by atoms with E-state index in [0.29, 0.717) is 16.4 Å². The van der Waals surface area contributed by atoms with Crippen LogP contribution in [0.15, 0.2) is 47.5 Å². The molecule has 2 amide bonds. The Hall–Kier alpha value is -2.57. The number of hydrogen-bond acceptors (Lipinski definition) is 4. The van der Waals surface area contributed by atoms with Gasteiger partial charge >= 0.3 is 0 Å². The van der Waals surface area contributed by atoms with E-state index in [0.717, 1.165) is 11.1 Å². The fourth-order valence-electron chi connectivity index (χ4n) is 2.66. The monoisotopic (exact) mass is 385 g/mol. The maximum atomic E-state index is 12.8. The molecule has 2 aromatic rings. The van der Waals surface area contributed by atoms with E-state index in [4.69, 9.17) is 23.8 Å². The molecule has 1 atom stereocenters. The van der Waals surface area contributed by atoms with Gasteiger partial charge in [-0.05, 0) is 62.0 Å². The van der Waals surface area contributed by atoms with Crippen LogP contribution in [0, 0.1) is 19.8 Å². The Kier molecular flexibility index (Phi) is 5.15. The van der Waals surface area contributed by atoms with Crippen molar-refractivity contribution >= 4 is 58.3 Å². The first kappa shape index (κ1) is 18.2. The summed E-state index contributed by atoms with van der Waals surface area (Å²) in [4.78, 5) is 30.7. The fourth-order valence-corrected chi connectivity index (χ4v) is 3.08. The van der Waals surface area contributed by atoms with Crippen molar-refractivity contribution in [1.29, 1.82) is 0 Å². The summed E-state index contributed by atoms with van der Waals surface area (Å²) in [5.41, 5.74) is 3.33. The lowest BCUT2D eigenvalue weighted by Crippen LogP contribution is -2.58. The number of hydrogen-bond donors (Lipinski definition) is 1. The SMILES string of the molecule is Cc1ccc(N=C[C@@H]2C(=O)NC(=S)N(c3ccc(Cl)cc3)C2=O)c(C)c1. The third-order valence-corrected chi connectivity index (χ3v) is 4.54. The van der Waals surface area contributed by atoms with Crippen LogP contribution in [0.4, 0.5) is 11.4 Å². The van der Waals surface area contributed by atoms with Crippen LogP contribution < -0.4 is 10.2 Å². The molecule has 0 aliphatic carbocycles. The number of nitrogens with one attached hydrogen (secondary N) is 1. The Morgan fingerprint density at radius 1 is 1.15 bits per heavy atom. The molecule has 5 nitrogen and oxygen atoms in total. The summed E-state index contributed by atoms with van der Waals surface area (Å²) in [5, 5.41) is 3.14. The first-order valence-electron chi connectivity index (χ1n) is 7.92. The number of carbonyl (C=O) groups is 2. The van der Waals surface area contributed by atoms with Gasteiger partial charge in [-0.15, -0.1) is 0 Å². The molecule has 0 radical (unpaired) electrons. The average molecular weight is 386 g/mol. The molecule has 0 spiro atoms. The number of nitrogens with zero attached hydrogens (tertiary/aromatic N) is 2. The second-order valence-corrected chi connectivity index (χ2v) is 6.81. The average Bonchev–Trinajstić information content (AvgIpc) is 2.57. The van der Waals surface area contributed by atoms with E-state index in [1.165, 1.54) is 11.1 Å². The largest absolute Gasteiger partial charge is 0.301 e. The molecule has 0 aromatic heterocycles. The van der Waals surface area contributed by atoms with Gasteiger partial charge < -0.3 is 5.32 Å². The zero-order valence-electron chi connectivity index (χ0n) is 14.2. The molecule has 0 saturated carbocycles. The molecule has 26 heavy (non-hydrogen) atoms. The third-order valence-electron chi connectivity index (χ3n) is 4.00. The van der Waals surface area contributed by atoms with Crippen molar-refractivity contribution in [3.8, 4) is 0 Å². The van der Waals surface area contributed by atoms with Gasteiger partial charge in [0.05, 0.1) is 11.4 Å². The minimum atomic E-state index is -1.06. The molecular formula is C19H16ClN3O2S. The minimum Gasteiger partial charge on any atom is -0.301 e. The van der Waals surface area contributed by atoms with Gasteiger partial charge in [0, 0.05) is 11.2 Å². The number of thiocarbonyl (C=S) groups is 1. The summed E-state index contributed by atoms with van der Waals surface area (Å²) in [6.45, 7) is 3.92. The highest BCUT2D eigenvalue weighted by atomic mass is 35.5. The van der Waals surface area contributed by atoms with Crippen LogP contribution >= 0.6 is 23.8 Å². The first-order chi connectivity index (χ1) is 12.4. The lowest BCUT2D eigenvalue weighted by Gasteiger charge is -2.30. The smallest absolute Gasteiger partial charge is 0.251 e. The highest BCUT2D eigenvalue weighted by molar-refractivity contribution is 7.80. The van der Waals surface area contributed by atoms with Crippen LogP contribution in [-0.4, -0.2) is 23.1 Å². The molecule has 132 valence electrons. The molecule has 1 heterocycles. The summed E-state index contributed by atoms with van der Waals surface area (Å²) in [7, 11) is 0. The first-order valence-corrected chi connectivity index (χ1v) is 8.71. The quantitative estimate of drug-likeness (QED) is 0.497. The van der Waals surface area contributed by atoms with Crippen molar-refractivity contribution in [3.63, 3.8) is 0 Å². The molecule has 1 aliphatic rings. The van der Waals surface area contributed by atoms with Crippen molar-refractivity contribution in [2.75, 3.05) is 4.90 Å². The maximum absolute atomic E-state index is 12.8. The number of benzene rings is 2. The van der Waals surface area contributed by atoms with Crippen molar-refractivity contribution in [2.45, 2.75) is 13.8 Å². The van der Waals surface area contributed by atoms with E-state index in [-0.39, 0.29) is 5.11 Å². The number of anilines is 1. The van der Waals surface area contributed by atoms with Gasteiger partial charge in [0.25, 0.3) is 5.91 Å². The van der Waals surface area contributed by atoms with Gasteiger partial charge in [-0.25, -0.2) is 0 Å². The number of amides is 2. The number of aliphatic imine (C=N–C) groups is 1. The van der Waals surface area contributed by atoms with Crippen molar-refractivity contribution in [1.82, 2.24) is 5.32 Å². The van der Waals surface area contributed by atoms with E-state index < -0.39 is 17.7 Å². The Labute approximate surface area is 161 Å². The fraction of sp³-hybridized carbons (Fsp3) is 0.158. The Bertz CT molecular complexity index is 925. The van der Waals surface area contributed by atoms with E-state index >= 15 is 0 Å². The van der Waals surface area contributed by atoms with Gasteiger partial charge in [-0.3, -0.25) is 19.5 Å². The molecule has 1 aliphatic heterocycles. The molecule has 1 saturated heterocycles. The summed E-state index contributed by atoms with van der Waals surface area (Å²) in [5.74, 6) is -1.99. The molecule has 1 fully saturated rings. The maximum Gasteiger partial charge on any atom is 0.251 e. The third kappa shape index (κ3) is 3.66. The number of rotatable bonds is 3. The second-order valence-electron chi connectivity index (χ2n) is 5.99. The molecule has 0 bridgehead atoms. The number of halogens is 1. The van der Waals surface area contributed by atoms with Gasteiger partial charge in [-0.2, -0.15) is 0 Å². The van der Waals surface area contributed by atoms with E-state index in [2.05, 4.69) is 10.3 Å². The molecule has 0 unspecified atom stereocenters. The van der Waals surface area contributed by atoms with Crippen LogP contribution in [0.25, 0.3) is 0 Å². The van der Waals surface area contributed by atoms with Gasteiger partial charge in [-0.1, -0.05) is 29.3 Å². The van der Waals surface area contributed by atoms with Crippen LogP contribution in [0.2, 0.25) is 5.02 Å². The standard InChI is InChI=1S/C19H16ClN3O2S/c1-11-3-8-16(12(2)9-11)21-10-15-17(24)22-19(26)23(18(15)25)14-6-4-13(20)5-7-14/h3-10,15H,1-2H3,(H,22,24,26)/t15-/m1/s1. The van der Waals surface area contributed by atoms with Gasteiger partial charge in [0.15, 0.2) is 11.0 Å². The predicted molar refractivity (Wildman–Crippen MR) is 107 cm³/mol. The van der Waals surface area contributed by atoms with Crippen LogP contribution in [0.3, 0.4) is 0 Å². The molecule has 3 rings (SSSR count). The topological polar surface area (TPSA) is 61.8 Å². The molecule has 7 heteroatoms. The van der Waals surface area contributed by atoms with Gasteiger partial charge in [0.2, 0.25) is 5.91 Å². The summed E-state index contributed by atoms with van der Waals surface area (Å²) in [6.07, 6.45) is 1.36. The van der Waals surface area contributed by atoms with E-state index in [9.17, 15) is 9.59 Å². The summed E-state index contributed by atoms with van der Waals surface area (Å²) >= 11 is 11.0. The van der Waals surface area contributed by atoms with Crippen molar-refractivity contribution in [3.05, 3.63) is 58.6 Å². The molecule has 2 aromatic carbocycles. The second kappa shape index (κ2) is 7.35. The predicted octanol–water partition coefficient (Wildman–Crippen LogP) is 3.72. The summed E-state index contributed by atoms with van der Waals surface area (Å²) in [6, 6.07) is 12.4. The zero-order valence-corrected chi connectivity index (χ0v) is 15.8. The van der Waals surface area contributed by atoms with E-state index in [1.54, 1.807) is 24.3 Å². The minimum absolute atomic E-state index is 0.0403. The Balaban J connectivity index is 1.90. The Morgan fingerprint density at radius 3 is 2.50 bits per heavy atom. The molecular weight excluding hydrogens is 370 g/mol. The van der Waals surface area contributed by atoms with Crippen LogP contribution in [0.5, 0.6) is 0 Å². The van der Waals surface area contributed by atoms with Crippen molar-refractivity contribution < 1.29 is 9.59 Å². The van der Waals surface area contributed by atoms with Crippen LogP contribution in [-0.2, 0) is 9.59 Å². The van der Waals surface area contributed by atoms with Crippen LogP contribution in [0.1, 0.15) is 11.1 Å². The zero-order chi connectivity index (χ0) is 18.8. The number of aryl methyl sites for hydroxylation is 2. The normalized spacial score (nSPS) is 17.7. The Morgan fingerprint density at radius 2 is 1.85 bits per heavy atom. The summed E-state index contributed by atoms with van der Waals surface area (Å²) < 4.78 is 0. The molecule has 1 N–H and O–H groups in total. The van der Waals surface area contributed by atoms with Gasteiger partial charge in [0.1, 0.15) is 0 Å². The highest BCUT2D eigenvalue weighted by Crippen LogP contribution is 2.24. The van der Waals surface area contributed by atoms with Crippen molar-refractivity contribution in [2.24, 2.45) is 10.9 Å². The number of carbonyl (C=O) groups excluding carboxylic acids is 2. The lowest BCUT2D eigenvalue weighted by molar-refractivity contribution is -0.130. The van der Waals surface area contributed by atoms with E-state index in [1.807, 2.05) is 32.0 Å². The highest BCUT2D eigenvalue weighted by Gasteiger charge is 2.38.